The number of carbonyl (C=O) groups is 1. The van der Waals surface area contributed by atoms with Gasteiger partial charge in [0.15, 0.2) is 0 Å². The van der Waals surface area contributed by atoms with Gasteiger partial charge in [-0.1, -0.05) is 6.07 Å². The van der Waals surface area contributed by atoms with Crippen molar-refractivity contribution in [2.75, 3.05) is 5.32 Å². The van der Waals surface area contributed by atoms with E-state index in [0.29, 0.717) is 14.8 Å². The molecule has 0 aliphatic carbocycles. The van der Waals surface area contributed by atoms with Gasteiger partial charge in [-0.25, -0.2) is 4.39 Å². The van der Waals surface area contributed by atoms with Crippen molar-refractivity contribution in [1.29, 1.82) is 0 Å². The third kappa shape index (κ3) is 2.38. The average Bonchev–Trinajstić information content (AvgIpc) is 2.66. The quantitative estimate of drug-likeness (QED) is 0.839. The maximum Gasteiger partial charge on any atom is 0.259 e. The maximum absolute atomic E-state index is 13.3. The number of carbonyl (C=O) groups excluding carboxylic acids is 1. The van der Waals surface area contributed by atoms with E-state index in [4.69, 9.17) is 0 Å². The molecule has 1 aromatic heterocycles. The molecule has 94 valence electrons. The van der Waals surface area contributed by atoms with Crippen molar-refractivity contribution in [3.05, 3.63) is 45.0 Å². The zero-order valence-electron chi connectivity index (χ0n) is 9.87. The first-order valence-corrected chi connectivity index (χ1v) is 6.32. The Balaban J connectivity index is 2.27. The molecule has 1 aromatic carbocycles. The highest BCUT2D eigenvalue weighted by Gasteiger charge is 2.14. The molecule has 0 bridgehead atoms. The van der Waals surface area contributed by atoms with Crippen LogP contribution in [0.4, 0.5) is 10.1 Å². The Bertz CT molecular complexity index is 609. The van der Waals surface area contributed by atoms with Gasteiger partial charge in [-0.3, -0.25) is 9.48 Å². The first kappa shape index (κ1) is 13.0. The van der Waals surface area contributed by atoms with Crippen LogP contribution in [0.5, 0.6) is 0 Å². The van der Waals surface area contributed by atoms with Crippen LogP contribution in [0.25, 0.3) is 0 Å². The summed E-state index contributed by atoms with van der Waals surface area (Å²) in [6.07, 6.45) is 1.50. The first-order chi connectivity index (χ1) is 8.50. The van der Waals surface area contributed by atoms with Gasteiger partial charge in [0.05, 0.1) is 21.0 Å². The number of hydrogen-bond donors (Lipinski definition) is 1. The van der Waals surface area contributed by atoms with Crippen molar-refractivity contribution in [2.24, 2.45) is 7.05 Å². The van der Waals surface area contributed by atoms with Crippen LogP contribution in [0.2, 0.25) is 0 Å². The number of rotatable bonds is 2. The smallest absolute Gasteiger partial charge is 0.259 e. The summed E-state index contributed by atoms with van der Waals surface area (Å²) in [7, 11) is 1.76. The molecule has 2 rings (SSSR count). The lowest BCUT2D eigenvalue weighted by Crippen LogP contribution is -2.14. The normalized spacial score (nSPS) is 10.4. The summed E-state index contributed by atoms with van der Waals surface area (Å²) < 4.78 is 15.4. The summed E-state index contributed by atoms with van der Waals surface area (Å²) in [5.74, 6) is -0.638. The number of amides is 1. The van der Waals surface area contributed by atoms with Crippen LogP contribution in [0.3, 0.4) is 0 Å². The summed E-state index contributed by atoms with van der Waals surface area (Å²) in [5.41, 5.74) is 1.71. The third-order valence-corrected chi connectivity index (χ3v) is 3.78. The van der Waals surface area contributed by atoms with Crippen molar-refractivity contribution in [2.45, 2.75) is 6.92 Å². The Morgan fingerprint density at radius 1 is 1.50 bits per heavy atom. The van der Waals surface area contributed by atoms with Gasteiger partial charge in [-0.2, -0.15) is 5.10 Å². The van der Waals surface area contributed by atoms with E-state index in [1.807, 2.05) is 22.6 Å². The molecule has 0 aliphatic rings. The van der Waals surface area contributed by atoms with Crippen LogP contribution in [-0.4, -0.2) is 15.7 Å². The summed E-state index contributed by atoms with van der Waals surface area (Å²) in [4.78, 5) is 12.0. The van der Waals surface area contributed by atoms with Crippen LogP contribution >= 0.6 is 22.6 Å². The van der Waals surface area contributed by atoms with E-state index in [2.05, 4.69) is 10.4 Å². The summed E-state index contributed by atoms with van der Waals surface area (Å²) >= 11 is 1.86. The fourth-order valence-corrected chi connectivity index (χ4v) is 2.01. The molecule has 4 nitrogen and oxygen atoms in total. The Morgan fingerprint density at radius 3 is 2.83 bits per heavy atom. The molecule has 0 atom stereocenters. The minimum atomic E-state index is -0.351. The molecule has 1 heterocycles. The molecule has 0 unspecified atom stereocenters. The highest BCUT2D eigenvalue weighted by atomic mass is 127. The second-order valence-corrected chi connectivity index (χ2v) is 4.90. The monoisotopic (exact) mass is 359 g/mol. The van der Waals surface area contributed by atoms with Gasteiger partial charge in [0.1, 0.15) is 5.82 Å². The SMILES string of the molecule is Cc1c(C(=O)Nc2cccc(F)c2I)cnn1C. The highest BCUT2D eigenvalue weighted by molar-refractivity contribution is 14.1. The predicted octanol–water partition coefficient (Wildman–Crippen LogP) is 2.72. The Hall–Kier alpha value is -1.44. The third-order valence-electron chi connectivity index (χ3n) is 2.68. The zero-order chi connectivity index (χ0) is 13.3. The van der Waals surface area contributed by atoms with Crippen molar-refractivity contribution in [3.8, 4) is 0 Å². The number of aromatic nitrogens is 2. The summed E-state index contributed by atoms with van der Waals surface area (Å²) in [5, 5.41) is 6.68. The number of hydrogen-bond acceptors (Lipinski definition) is 2. The number of halogens is 2. The molecule has 0 radical (unpaired) electrons. The highest BCUT2D eigenvalue weighted by Crippen LogP contribution is 2.21. The number of aryl methyl sites for hydroxylation is 1. The van der Waals surface area contributed by atoms with Crippen LogP contribution in [0.15, 0.2) is 24.4 Å². The summed E-state index contributed by atoms with van der Waals surface area (Å²) in [6.45, 7) is 1.80. The second kappa shape index (κ2) is 5.05. The molecule has 6 heteroatoms. The predicted molar refractivity (Wildman–Crippen MR) is 75.0 cm³/mol. The van der Waals surface area contributed by atoms with E-state index in [9.17, 15) is 9.18 Å². The fourth-order valence-electron chi connectivity index (χ4n) is 1.51. The Kier molecular flexibility index (Phi) is 3.65. The second-order valence-electron chi connectivity index (χ2n) is 3.82. The van der Waals surface area contributed by atoms with Crippen molar-refractivity contribution in [3.63, 3.8) is 0 Å². The van der Waals surface area contributed by atoms with Crippen molar-refractivity contribution < 1.29 is 9.18 Å². The van der Waals surface area contributed by atoms with Gasteiger partial charge in [0, 0.05) is 12.7 Å². The minimum Gasteiger partial charge on any atom is -0.321 e. The molecule has 1 N–H and O–H groups in total. The van der Waals surface area contributed by atoms with Crippen molar-refractivity contribution in [1.82, 2.24) is 9.78 Å². The summed E-state index contributed by atoms with van der Waals surface area (Å²) in [6, 6.07) is 4.57. The van der Waals surface area contributed by atoms with Crippen molar-refractivity contribution >= 4 is 34.2 Å². The average molecular weight is 359 g/mol. The molecule has 2 aromatic rings. The van der Waals surface area contributed by atoms with E-state index in [1.165, 1.54) is 12.3 Å². The standard InChI is InChI=1S/C12H11FIN3O/c1-7-8(6-15-17(7)2)12(18)16-10-5-3-4-9(13)11(10)14/h3-6H,1-2H3,(H,16,18). The van der Waals surface area contributed by atoms with Gasteiger partial charge >= 0.3 is 0 Å². The van der Waals surface area contributed by atoms with Crippen LogP contribution < -0.4 is 5.32 Å². The van der Waals surface area contributed by atoms with E-state index in [1.54, 1.807) is 30.8 Å². The fraction of sp³-hybridized carbons (Fsp3) is 0.167. The van der Waals surface area contributed by atoms with Gasteiger partial charge in [-0.05, 0) is 41.6 Å². The van der Waals surface area contributed by atoms with Crippen LogP contribution in [0, 0.1) is 16.3 Å². The van der Waals surface area contributed by atoms with Gasteiger partial charge < -0.3 is 5.32 Å². The zero-order valence-corrected chi connectivity index (χ0v) is 12.0. The van der Waals surface area contributed by atoms with E-state index in [-0.39, 0.29) is 11.7 Å². The number of nitrogens with one attached hydrogen (secondary N) is 1. The Labute approximate surface area is 117 Å². The lowest BCUT2D eigenvalue weighted by atomic mass is 10.2. The van der Waals surface area contributed by atoms with E-state index in [0.717, 1.165) is 5.69 Å². The molecule has 0 fully saturated rings. The van der Waals surface area contributed by atoms with E-state index >= 15 is 0 Å². The lowest BCUT2D eigenvalue weighted by molar-refractivity contribution is 0.102. The molecular weight excluding hydrogens is 348 g/mol. The number of anilines is 1. The van der Waals surface area contributed by atoms with Crippen LogP contribution in [-0.2, 0) is 7.05 Å². The molecule has 0 saturated heterocycles. The molecule has 1 amide bonds. The topological polar surface area (TPSA) is 46.9 Å². The molecule has 0 saturated carbocycles. The van der Waals surface area contributed by atoms with Gasteiger partial charge in [-0.15, -0.1) is 0 Å². The molecule has 0 aliphatic heterocycles. The minimum absolute atomic E-state index is 0.288. The van der Waals surface area contributed by atoms with Gasteiger partial charge in [0.25, 0.3) is 5.91 Å². The van der Waals surface area contributed by atoms with E-state index < -0.39 is 0 Å². The largest absolute Gasteiger partial charge is 0.321 e. The molecule has 18 heavy (non-hydrogen) atoms. The molecular formula is C12H11FIN3O. The molecule has 0 spiro atoms. The maximum atomic E-state index is 13.3. The number of nitrogens with zero attached hydrogens (tertiary/aromatic N) is 2. The Morgan fingerprint density at radius 2 is 2.22 bits per heavy atom. The first-order valence-electron chi connectivity index (χ1n) is 5.24. The number of benzene rings is 1. The van der Waals surface area contributed by atoms with Crippen LogP contribution in [0.1, 0.15) is 16.1 Å². The lowest BCUT2D eigenvalue weighted by Gasteiger charge is -2.07. The van der Waals surface area contributed by atoms with Gasteiger partial charge in [0.2, 0.25) is 0 Å².